The van der Waals surface area contributed by atoms with Crippen LogP contribution in [-0.4, -0.2) is 34.1 Å². The van der Waals surface area contributed by atoms with Crippen LogP contribution in [0.25, 0.3) is 11.3 Å². The molecule has 0 unspecified atom stereocenters. The maximum Gasteiger partial charge on any atom is 0.361 e. The van der Waals surface area contributed by atoms with Crippen LogP contribution in [0.2, 0.25) is 0 Å². The van der Waals surface area contributed by atoms with Gasteiger partial charge in [-0.3, -0.25) is 0 Å². The number of rotatable bonds is 5. The molecule has 22 heavy (non-hydrogen) atoms. The molecule has 6 heteroatoms. The summed E-state index contributed by atoms with van der Waals surface area (Å²) in [4.78, 5) is 11.8. The van der Waals surface area contributed by atoms with Crippen molar-refractivity contribution in [3.05, 3.63) is 30.0 Å². The second-order valence-corrected chi connectivity index (χ2v) is 5.29. The van der Waals surface area contributed by atoms with Crippen molar-refractivity contribution < 1.29 is 14.3 Å². The Morgan fingerprint density at radius 3 is 2.64 bits per heavy atom. The van der Waals surface area contributed by atoms with Gasteiger partial charge >= 0.3 is 5.97 Å². The number of nitrogens with one attached hydrogen (secondary N) is 1. The zero-order valence-electron chi connectivity index (χ0n) is 12.5. The summed E-state index contributed by atoms with van der Waals surface area (Å²) in [5, 5.41) is 10.4. The molecule has 1 aliphatic carbocycles. The highest BCUT2D eigenvalue weighted by atomic mass is 16.5. The molecule has 0 amide bonds. The minimum Gasteiger partial charge on any atom is -0.490 e. The van der Waals surface area contributed by atoms with Gasteiger partial charge in [0.1, 0.15) is 11.4 Å². The number of hydrogen-bond donors (Lipinski definition) is 1. The van der Waals surface area contributed by atoms with Crippen LogP contribution in [0.1, 0.15) is 43.1 Å². The summed E-state index contributed by atoms with van der Waals surface area (Å²) < 4.78 is 10.9. The van der Waals surface area contributed by atoms with Crippen molar-refractivity contribution in [3.63, 3.8) is 0 Å². The Kier molecular flexibility index (Phi) is 4.37. The van der Waals surface area contributed by atoms with E-state index in [2.05, 4.69) is 15.4 Å². The first-order valence-corrected chi connectivity index (χ1v) is 7.63. The van der Waals surface area contributed by atoms with Gasteiger partial charge < -0.3 is 9.47 Å². The number of carbonyl (C=O) groups excluding carboxylic acids is 1. The number of aromatic amines is 1. The fraction of sp³-hybridized carbons (Fsp3) is 0.438. The molecule has 0 saturated heterocycles. The van der Waals surface area contributed by atoms with Crippen molar-refractivity contribution in [1.82, 2.24) is 15.4 Å². The number of hydrogen-bond acceptors (Lipinski definition) is 5. The van der Waals surface area contributed by atoms with Crippen molar-refractivity contribution in [3.8, 4) is 17.0 Å². The van der Waals surface area contributed by atoms with E-state index in [1.807, 2.05) is 24.3 Å². The summed E-state index contributed by atoms with van der Waals surface area (Å²) in [6.07, 6.45) is 5.05. The molecule has 116 valence electrons. The first-order valence-electron chi connectivity index (χ1n) is 7.63. The van der Waals surface area contributed by atoms with Crippen LogP contribution in [0.5, 0.6) is 5.75 Å². The molecule has 0 bridgehead atoms. The Morgan fingerprint density at radius 1 is 1.23 bits per heavy atom. The molecule has 0 radical (unpaired) electrons. The number of benzene rings is 1. The number of esters is 1. The summed E-state index contributed by atoms with van der Waals surface area (Å²) >= 11 is 0. The molecule has 0 atom stereocenters. The topological polar surface area (TPSA) is 77.1 Å². The largest absolute Gasteiger partial charge is 0.490 e. The fourth-order valence-electron chi connectivity index (χ4n) is 2.66. The van der Waals surface area contributed by atoms with Gasteiger partial charge in [-0.2, -0.15) is 10.3 Å². The number of ether oxygens (including phenoxy) is 2. The van der Waals surface area contributed by atoms with Crippen LogP contribution in [0.3, 0.4) is 0 Å². The third-order valence-corrected chi connectivity index (χ3v) is 3.75. The summed E-state index contributed by atoms with van der Waals surface area (Å²) in [7, 11) is 0. The Hall–Kier alpha value is -2.37. The lowest BCUT2D eigenvalue weighted by atomic mass is 10.1. The summed E-state index contributed by atoms with van der Waals surface area (Å²) in [6, 6.07) is 7.56. The predicted octanol–water partition coefficient (Wildman–Crippen LogP) is 2.97. The normalized spacial score (nSPS) is 15.0. The lowest BCUT2D eigenvalue weighted by Gasteiger charge is -2.13. The van der Waals surface area contributed by atoms with E-state index in [-0.39, 0.29) is 5.69 Å². The van der Waals surface area contributed by atoms with Gasteiger partial charge in [0.2, 0.25) is 0 Å². The molecule has 2 aromatic rings. The molecule has 1 saturated carbocycles. The van der Waals surface area contributed by atoms with Crippen molar-refractivity contribution in [2.75, 3.05) is 6.61 Å². The molecule has 1 fully saturated rings. The molecule has 1 aromatic heterocycles. The predicted molar refractivity (Wildman–Crippen MR) is 80.7 cm³/mol. The number of carbonyl (C=O) groups is 1. The van der Waals surface area contributed by atoms with Gasteiger partial charge in [-0.15, -0.1) is 5.10 Å². The standard InChI is InChI=1S/C16H19N3O3/c1-2-21-16(20)15-14(17-19-18-15)11-7-9-13(10-8-11)22-12-5-3-4-6-12/h7-10,12H,2-6H2,1H3,(H,17,18,19). The molecule has 1 N–H and O–H groups in total. The van der Waals surface area contributed by atoms with E-state index in [9.17, 15) is 4.79 Å². The van der Waals surface area contributed by atoms with E-state index < -0.39 is 5.97 Å². The number of aromatic nitrogens is 3. The molecule has 3 rings (SSSR count). The van der Waals surface area contributed by atoms with Crippen LogP contribution >= 0.6 is 0 Å². The van der Waals surface area contributed by atoms with Gasteiger partial charge in [0, 0.05) is 5.56 Å². The Balaban J connectivity index is 1.75. The molecule has 1 aromatic carbocycles. The van der Waals surface area contributed by atoms with Crippen molar-refractivity contribution in [2.24, 2.45) is 0 Å². The van der Waals surface area contributed by atoms with Crippen molar-refractivity contribution in [2.45, 2.75) is 38.7 Å². The van der Waals surface area contributed by atoms with E-state index in [1.165, 1.54) is 12.8 Å². The second kappa shape index (κ2) is 6.60. The van der Waals surface area contributed by atoms with Crippen LogP contribution in [0.15, 0.2) is 24.3 Å². The fourth-order valence-corrected chi connectivity index (χ4v) is 2.66. The van der Waals surface area contributed by atoms with Gasteiger partial charge in [-0.1, -0.05) is 0 Å². The molecule has 0 aliphatic heterocycles. The van der Waals surface area contributed by atoms with Gasteiger partial charge in [-0.25, -0.2) is 4.79 Å². The summed E-state index contributed by atoms with van der Waals surface area (Å²) in [5.74, 6) is 0.370. The lowest BCUT2D eigenvalue weighted by Crippen LogP contribution is -2.10. The smallest absolute Gasteiger partial charge is 0.361 e. The summed E-state index contributed by atoms with van der Waals surface area (Å²) in [5.41, 5.74) is 1.49. The van der Waals surface area contributed by atoms with Crippen LogP contribution in [0.4, 0.5) is 0 Å². The van der Waals surface area contributed by atoms with Crippen LogP contribution < -0.4 is 4.74 Å². The van der Waals surface area contributed by atoms with E-state index in [1.54, 1.807) is 6.92 Å². The maximum atomic E-state index is 11.8. The van der Waals surface area contributed by atoms with Crippen LogP contribution in [0, 0.1) is 0 Å². The highest BCUT2D eigenvalue weighted by Crippen LogP contribution is 2.27. The lowest BCUT2D eigenvalue weighted by molar-refractivity contribution is 0.0520. The molecule has 1 aliphatic rings. The third-order valence-electron chi connectivity index (χ3n) is 3.75. The Labute approximate surface area is 128 Å². The van der Waals surface area contributed by atoms with Gasteiger partial charge in [0.05, 0.1) is 12.7 Å². The molecule has 1 heterocycles. The first-order chi connectivity index (χ1) is 10.8. The average Bonchev–Trinajstić information content (AvgIpc) is 3.19. The summed E-state index contributed by atoms with van der Waals surface area (Å²) in [6.45, 7) is 2.06. The first kappa shape index (κ1) is 14.6. The van der Waals surface area contributed by atoms with Crippen LogP contribution in [-0.2, 0) is 4.74 Å². The minimum atomic E-state index is -0.475. The van der Waals surface area contributed by atoms with Crippen molar-refractivity contribution >= 4 is 5.97 Å². The number of H-pyrrole nitrogens is 1. The third kappa shape index (κ3) is 3.10. The Morgan fingerprint density at radius 2 is 1.95 bits per heavy atom. The SMILES string of the molecule is CCOC(=O)c1n[nH]nc1-c1ccc(OC2CCCC2)cc1. The van der Waals surface area contributed by atoms with Gasteiger partial charge in [0.25, 0.3) is 0 Å². The van der Waals surface area contributed by atoms with E-state index in [4.69, 9.17) is 9.47 Å². The Bertz CT molecular complexity index is 630. The molecule has 0 spiro atoms. The zero-order valence-corrected chi connectivity index (χ0v) is 12.5. The van der Waals surface area contributed by atoms with E-state index >= 15 is 0 Å². The quantitative estimate of drug-likeness (QED) is 0.859. The minimum absolute atomic E-state index is 0.200. The van der Waals surface area contributed by atoms with Gasteiger partial charge in [0.15, 0.2) is 5.69 Å². The molecular formula is C16H19N3O3. The maximum absolute atomic E-state index is 11.8. The van der Waals surface area contributed by atoms with Crippen molar-refractivity contribution in [1.29, 1.82) is 0 Å². The highest BCUT2D eigenvalue weighted by Gasteiger charge is 2.20. The molecular weight excluding hydrogens is 282 g/mol. The van der Waals surface area contributed by atoms with E-state index in [0.29, 0.717) is 18.4 Å². The average molecular weight is 301 g/mol. The zero-order chi connectivity index (χ0) is 15.4. The number of nitrogens with zero attached hydrogens (tertiary/aromatic N) is 2. The second-order valence-electron chi connectivity index (χ2n) is 5.29. The van der Waals surface area contributed by atoms with Gasteiger partial charge in [-0.05, 0) is 56.9 Å². The highest BCUT2D eigenvalue weighted by molar-refractivity contribution is 5.93. The monoisotopic (exact) mass is 301 g/mol. The van der Waals surface area contributed by atoms with E-state index in [0.717, 1.165) is 24.2 Å². The molecule has 6 nitrogen and oxygen atoms in total.